The van der Waals surface area contributed by atoms with E-state index in [1.807, 2.05) is 6.08 Å². The lowest BCUT2D eigenvalue weighted by molar-refractivity contribution is 0.136. The van der Waals surface area contributed by atoms with Crippen LogP contribution in [0.5, 0.6) is 0 Å². The lowest BCUT2D eigenvalue weighted by Crippen LogP contribution is -2.40. The van der Waals surface area contributed by atoms with Gasteiger partial charge in [-0.15, -0.1) is 0 Å². The van der Waals surface area contributed by atoms with Gasteiger partial charge in [0.15, 0.2) is 7.98 Å². The molecule has 1 aromatic rings. The molecule has 0 N–H and O–H groups in total. The maximum Gasteiger partial charge on any atom is 0.212 e. The predicted molar refractivity (Wildman–Crippen MR) is 97.9 cm³/mol. The molecule has 0 bridgehead atoms. The highest BCUT2D eigenvalue weighted by Gasteiger charge is 2.25. The van der Waals surface area contributed by atoms with E-state index in [2.05, 4.69) is 11.7 Å². The van der Waals surface area contributed by atoms with Crippen LogP contribution in [0.25, 0.3) is 0 Å². The average molecular weight is 365 g/mol. The molecule has 0 aromatic heterocycles. The molecule has 2 radical (unpaired) electrons. The molecular weight excluding hydrogens is 344 g/mol. The zero-order valence-electron chi connectivity index (χ0n) is 13.9. The summed E-state index contributed by atoms with van der Waals surface area (Å²) < 4.78 is 33.0. The van der Waals surface area contributed by atoms with E-state index < -0.39 is 12.0 Å². The van der Waals surface area contributed by atoms with Crippen LogP contribution in [0.4, 0.5) is 8.78 Å². The van der Waals surface area contributed by atoms with Gasteiger partial charge in [0.2, 0.25) is 5.88 Å². The molecule has 1 heterocycles. The Morgan fingerprint density at radius 3 is 3.00 bits per heavy atom. The zero-order valence-corrected chi connectivity index (χ0v) is 14.6. The Kier molecular flexibility index (Phi) is 7.66. The summed E-state index contributed by atoms with van der Waals surface area (Å²) in [6.07, 6.45) is 5.64. The van der Waals surface area contributed by atoms with E-state index in [4.69, 9.17) is 24.3 Å². The molecule has 0 amide bonds. The topological polar surface area (TPSA) is 24.8 Å². The summed E-state index contributed by atoms with van der Waals surface area (Å²) in [6.45, 7) is 4.41. The van der Waals surface area contributed by atoms with Crippen molar-refractivity contribution in [3.63, 3.8) is 0 Å². The molecule has 0 spiro atoms. The van der Waals surface area contributed by atoms with Crippen molar-refractivity contribution < 1.29 is 13.5 Å². The largest absolute Gasteiger partial charge is 0.473 e. The fraction of sp³-hybridized carbons (Fsp3) is 0.389. The lowest BCUT2D eigenvalue weighted by Gasteiger charge is -2.32. The number of aliphatic imine (C=N–C) groups is 1. The monoisotopic (exact) mass is 364 g/mol. The molecule has 1 aromatic carbocycles. The van der Waals surface area contributed by atoms with Crippen molar-refractivity contribution in [2.24, 2.45) is 10.9 Å². The zero-order chi connectivity index (χ0) is 18.2. The van der Waals surface area contributed by atoms with Crippen LogP contribution in [0, 0.1) is 11.7 Å². The van der Waals surface area contributed by atoms with Gasteiger partial charge in [-0.25, -0.2) is 13.8 Å². The predicted octanol–water partition coefficient (Wildman–Crippen LogP) is 4.23. The maximum absolute atomic E-state index is 13.9. The molecule has 1 saturated heterocycles. The molecular formula is C18H20BClF2N2O. The molecule has 1 fully saturated rings. The second-order valence-corrected chi connectivity index (χ2v) is 6.35. The molecule has 0 saturated carbocycles. The number of halogens is 3. The summed E-state index contributed by atoms with van der Waals surface area (Å²) in [5.74, 6) is -0.209. The van der Waals surface area contributed by atoms with Crippen LogP contribution < -0.4 is 0 Å². The van der Waals surface area contributed by atoms with Crippen LogP contribution in [0.15, 0.2) is 47.3 Å². The average Bonchev–Trinajstić information content (AvgIpc) is 2.57. The van der Waals surface area contributed by atoms with Gasteiger partial charge in [0.1, 0.15) is 18.6 Å². The van der Waals surface area contributed by atoms with E-state index in [1.165, 1.54) is 10.9 Å². The van der Waals surface area contributed by atoms with E-state index in [0.29, 0.717) is 23.6 Å². The Hall–Kier alpha value is -1.66. The molecule has 2 unspecified atom stereocenters. The molecule has 25 heavy (non-hydrogen) atoms. The molecule has 3 nitrogen and oxygen atoms in total. The van der Waals surface area contributed by atoms with Crippen molar-refractivity contribution in [3.05, 3.63) is 58.7 Å². The second-order valence-electron chi connectivity index (χ2n) is 5.91. The Morgan fingerprint density at radius 2 is 2.32 bits per heavy atom. The first-order valence-corrected chi connectivity index (χ1v) is 8.41. The second kappa shape index (κ2) is 9.73. The van der Waals surface area contributed by atoms with Crippen molar-refractivity contribution in [2.45, 2.75) is 25.6 Å². The van der Waals surface area contributed by atoms with Gasteiger partial charge in [-0.2, -0.15) is 0 Å². The van der Waals surface area contributed by atoms with Crippen LogP contribution >= 0.6 is 11.6 Å². The van der Waals surface area contributed by atoms with Crippen LogP contribution in [0.1, 0.15) is 18.4 Å². The quantitative estimate of drug-likeness (QED) is 0.313. The molecule has 1 aliphatic rings. The fourth-order valence-electron chi connectivity index (χ4n) is 2.58. The van der Waals surface area contributed by atoms with E-state index in [1.54, 1.807) is 24.3 Å². The van der Waals surface area contributed by atoms with Gasteiger partial charge in [-0.1, -0.05) is 29.8 Å². The van der Waals surface area contributed by atoms with Crippen LogP contribution in [-0.2, 0) is 11.3 Å². The Bertz CT molecular complexity index is 654. The van der Waals surface area contributed by atoms with Gasteiger partial charge in [-0.05, 0) is 50.2 Å². The number of nitrogens with zero attached hydrogens (tertiary/aromatic N) is 2. The van der Waals surface area contributed by atoms with Gasteiger partial charge in [0.05, 0.1) is 0 Å². The lowest BCUT2D eigenvalue weighted by atomic mass is 9.90. The maximum atomic E-state index is 13.9. The molecule has 2 atom stereocenters. The Balaban J connectivity index is 1.84. The van der Waals surface area contributed by atoms with E-state index >= 15 is 0 Å². The number of rotatable bonds is 7. The van der Waals surface area contributed by atoms with E-state index in [9.17, 15) is 8.78 Å². The smallest absolute Gasteiger partial charge is 0.212 e. The SMILES string of the molecule is [B]N1CCC(C/C=C\C=C(/N=C)OCc2ccc(Cl)cc2F)C(F)C1. The minimum absolute atomic E-state index is 0.0171. The molecule has 7 heteroatoms. The first-order chi connectivity index (χ1) is 12.0. The third kappa shape index (κ3) is 6.29. The highest BCUT2D eigenvalue weighted by molar-refractivity contribution is 6.30. The highest BCUT2D eigenvalue weighted by atomic mass is 35.5. The molecule has 132 valence electrons. The summed E-state index contributed by atoms with van der Waals surface area (Å²) in [5, 5.41) is 0.327. The Labute approximate surface area is 153 Å². The number of alkyl halides is 1. The number of hydrogen-bond donors (Lipinski definition) is 0. The van der Waals surface area contributed by atoms with Gasteiger partial charge < -0.3 is 9.55 Å². The van der Waals surface area contributed by atoms with Crippen LogP contribution in [-0.4, -0.2) is 38.8 Å². The number of benzene rings is 1. The number of piperidine rings is 1. The summed E-state index contributed by atoms with van der Waals surface area (Å²) >= 11 is 5.71. The minimum atomic E-state index is -0.923. The normalized spacial score (nSPS) is 22.3. The standard InChI is InChI=1S/C18H20BClF2N2O/c1-23-18(25-12-14-6-7-15(20)10-16(14)21)5-3-2-4-13-8-9-24(19)11-17(13)22/h2-3,5-7,10,13,17H,1,4,8-9,11-12H2/b3-2-,18-5+. The van der Waals surface area contributed by atoms with Gasteiger partial charge >= 0.3 is 0 Å². The summed E-state index contributed by atoms with van der Waals surface area (Å²) in [4.78, 5) is 5.26. The van der Waals surface area contributed by atoms with Crippen molar-refractivity contribution in [1.82, 2.24) is 4.81 Å². The van der Waals surface area contributed by atoms with Crippen molar-refractivity contribution in [2.75, 3.05) is 13.1 Å². The van der Waals surface area contributed by atoms with E-state index in [-0.39, 0.29) is 25.0 Å². The number of ether oxygens (including phenoxy) is 1. The molecule has 0 aliphatic carbocycles. The fourth-order valence-corrected chi connectivity index (χ4v) is 2.74. The first-order valence-electron chi connectivity index (χ1n) is 8.03. The minimum Gasteiger partial charge on any atom is -0.473 e. The van der Waals surface area contributed by atoms with Crippen molar-refractivity contribution in [3.8, 4) is 0 Å². The number of hydrogen-bond acceptors (Lipinski definition) is 3. The highest BCUT2D eigenvalue weighted by Crippen LogP contribution is 2.23. The van der Waals surface area contributed by atoms with Crippen LogP contribution in [0.2, 0.25) is 5.02 Å². The molecule has 2 rings (SSSR count). The Morgan fingerprint density at radius 1 is 1.52 bits per heavy atom. The summed E-state index contributed by atoms with van der Waals surface area (Å²) in [6, 6.07) is 4.37. The van der Waals surface area contributed by atoms with E-state index in [0.717, 1.165) is 6.42 Å². The number of allylic oxidation sites excluding steroid dienone is 3. The van der Waals surface area contributed by atoms with Crippen molar-refractivity contribution in [1.29, 1.82) is 0 Å². The molecule has 1 aliphatic heterocycles. The third-order valence-corrected chi connectivity index (χ3v) is 4.30. The van der Waals surface area contributed by atoms with Gasteiger partial charge in [0.25, 0.3) is 0 Å². The summed E-state index contributed by atoms with van der Waals surface area (Å²) in [5.41, 5.74) is 0.372. The third-order valence-electron chi connectivity index (χ3n) is 4.07. The van der Waals surface area contributed by atoms with Gasteiger partial charge in [-0.3, -0.25) is 0 Å². The van der Waals surface area contributed by atoms with Crippen molar-refractivity contribution >= 4 is 26.3 Å². The van der Waals surface area contributed by atoms with Gasteiger partial charge in [0, 0.05) is 17.1 Å². The first kappa shape index (κ1) is 19.7. The van der Waals surface area contributed by atoms with Crippen LogP contribution in [0.3, 0.4) is 0 Å². The summed E-state index contributed by atoms with van der Waals surface area (Å²) in [7, 11) is 5.60.